The van der Waals surface area contributed by atoms with Gasteiger partial charge >= 0.3 is 12.0 Å². The van der Waals surface area contributed by atoms with Gasteiger partial charge in [0.2, 0.25) is 0 Å². The first-order chi connectivity index (χ1) is 9.99. The third-order valence-corrected chi connectivity index (χ3v) is 4.11. The molecule has 0 atom stereocenters. The van der Waals surface area contributed by atoms with E-state index in [-0.39, 0.29) is 18.4 Å². The van der Waals surface area contributed by atoms with Crippen molar-refractivity contribution in [1.29, 1.82) is 0 Å². The summed E-state index contributed by atoms with van der Waals surface area (Å²) in [6.45, 7) is 3.25. The van der Waals surface area contributed by atoms with Crippen LogP contribution in [0.2, 0.25) is 0 Å². The number of carbonyl (C=O) groups excluding carboxylic acids is 1. The van der Waals surface area contributed by atoms with Crippen molar-refractivity contribution in [2.45, 2.75) is 26.2 Å². The second-order valence-corrected chi connectivity index (χ2v) is 5.66. The Bertz CT molecular complexity index is 522. The van der Waals surface area contributed by atoms with Crippen molar-refractivity contribution in [3.8, 4) is 0 Å². The molecule has 1 heterocycles. The van der Waals surface area contributed by atoms with Crippen molar-refractivity contribution in [1.82, 2.24) is 4.90 Å². The van der Waals surface area contributed by atoms with Crippen LogP contribution in [0.4, 0.5) is 10.5 Å². The number of likely N-dealkylation sites (tertiary alicyclic amines) is 1. The fraction of sp³-hybridized carbons (Fsp3) is 0.500. The second kappa shape index (κ2) is 6.61. The number of para-hydroxylation sites is 1. The number of carboxylic acids is 1. The molecule has 0 saturated carbocycles. The first kappa shape index (κ1) is 15.4. The zero-order valence-corrected chi connectivity index (χ0v) is 12.6. The molecule has 0 spiro atoms. The van der Waals surface area contributed by atoms with E-state index in [9.17, 15) is 9.59 Å². The maximum Gasteiger partial charge on any atom is 0.324 e. The van der Waals surface area contributed by atoms with Crippen molar-refractivity contribution >= 4 is 17.7 Å². The molecule has 2 rings (SSSR count). The molecule has 1 fully saturated rings. The van der Waals surface area contributed by atoms with E-state index in [1.165, 1.54) is 0 Å². The van der Waals surface area contributed by atoms with Crippen LogP contribution >= 0.6 is 0 Å². The van der Waals surface area contributed by atoms with Gasteiger partial charge in [-0.05, 0) is 37.3 Å². The lowest BCUT2D eigenvalue weighted by molar-refractivity contribution is -0.138. The minimum atomic E-state index is -0.753. The minimum absolute atomic E-state index is 0.0157. The van der Waals surface area contributed by atoms with Crippen LogP contribution in [-0.2, 0) is 4.79 Å². The molecular formula is C16H22N2O3. The van der Waals surface area contributed by atoms with Crippen LogP contribution in [-0.4, -0.2) is 42.1 Å². The number of nitrogens with zero attached hydrogens (tertiary/aromatic N) is 2. The van der Waals surface area contributed by atoms with Crippen LogP contribution in [0.3, 0.4) is 0 Å². The summed E-state index contributed by atoms with van der Waals surface area (Å²) in [5.41, 5.74) is 1.98. The largest absolute Gasteiger partial charge is 0.481 e. The summed E-state index contributed by atoms with van der Waals surface area (Å²) in [4.78, 5) is 26.7. The fourth-order valence-corrected chi connectivity index (χ4v) is 2.83. The Morgan fingerprint density at radius 2 is 1.90 bits per heavy atom. The lowest BCUT2D eigenvalue weighted by atomic mass is 9.94. The number of carbonyl (C=O) groups is 2. The summed E-state index contributed by atoms with van der Waals surface area (Å²) in [6.07, 6.45) is 1.73. The van der Waals surface area contributed by atoms with Crippen molar-refractivity contribution < 1.29 is 14.7 Å². The molecule has 2 amide bonds. The number of rotatable bonds is 3. The van der Waals surface area contributed by atoms with Gasteiger partial charge in [-0.1, -0.05) is 18.2 Å². The van der Waals surface area contributed by atoms with E-state index in [1.54, 1.807) is 11.9 Å². The molecule has 21 heavy (non-hydrogen) atoms. The van der Waals surface area contributed by atoms with Crippen LogP contribution in [0.25, 0.3) is 0 Å². The molecule has 0 radical (unpaired) electrons. The number of carboxylic acid groups (broad SMARTS) is 1. The van der Waals surface area contributed by atoms with E-state index in [0.717, 1.165) is 24.1 Å². The van der Waals surface area contributed by atoms with E-state index < -0.39 is 5.97 Å². The number of hydrogen-bond acceptors (Lipinski definition) is 2. The van der Waals surface area contributed by atoms with Gasteiger partial charge in [0.25, 0.3) is 0 Å². The van der Waals surface area contributed by atoms with E-state index in [2.05, 4.69) is 0 Å². The molecule has 0 unspecified atom stereocenters. The predicted octanol–water partition coefficient (Wildman–Crippen LogP) is 2.74. The number of hydrogen-bond donors (Lipinski definition) is 1. The Morgan fingerprint density at radius 1 is 1.29 bits per heavy atom. The van der Waals surface area contributed by atoms with Crippen molar-refractivity contribution in [3.05, 3.63) is 29.8 Å². The second-order valence-electron chi connectivity index (χ2n) is 5.66. The van der Waals surface area contributed by atoms with Gasteiger partial charge in [-0.2, -0.15) is 0 Å². The predicted molar refractivity (Wildman–Crippen MR) is 81.5 cm³/mol. The van der Waals surface area contributed by atoms with Crippen molar-refractivity contribution in [2.75, 3.05) is 25.0 Å². The standard InChI is InChI=1S/C16H22N2O3/c1-12-5-3-4-6-14(12)17(2)16(21)18-9-7-13(8-10-18)11-15(19)20/h3-6,13H,7-11H2,1-2H3,(H,19,20). The van der Waals surface area contributed by atoms with Crippen molar-refractivity contribution in [3.63, 3.8) is 0 Å². The highest BCUT2D eigenvalue weighted by Crippen LogP contribution is 2.24. The number of anilines is 1. The van der Waals surface area contributed by atoms with Gasteiger partial charge in [-0.15, -0.1) is 0 Å². The van der Waals surface area contributed by atoms with Crippen molar-refractivity contribution in [2.24, 2.45) is 5.92 Å². The summed E-state index contributed by atoms with van der Waals surface area (Å²) in [7, 11) is 1.79. The van der Waals surface area contributed by atoms with Gasteiger partial charge in [-0.25, -0.2) is 4.79 Å². The number of aliphatic carboxylic acids is 1. The van der Waals surface area contributed by atoms with Crippen LogP contribution in [0.1, 0.15) is 24.8 Å². The molecule has 0 aliphatic carbocycles. The summed E-state index contributed by atoms with van der Waals surface area (Å²) < 4.78 is 0. The van der Waals surface area contributed by atoms with Gasteiger partial charge in [0.1, 0.15) is 0 Å². The lowest BCUT2D eigenvalue weighted by Gasteiger charge is -2.34. The first-order valence-electron chi connectivity index (χ1n) is 7.29. The average molecular weight is 290 g/mol. The van der Waals surface area contributed by atoms with Gasteiger partial charge in [-0.3, -0.25) is 9.69 Å². The molecule has 114 valence electrons. The Labute approximate surface area is 125 Å². The molecule has 1 aliphatic heterocycles. The molecule has 5 heteroatoms. The average Bonchev–Trinajstić information content (AvgIpc) is 2.46. The van der Waals surface area contributed by atoms with Crippen LogP contribution in [0.15, 0.2) is 24.3 Å². The molecule has 1 aromatic carbocycles. The molecule has 0 bridgehead atoms. The Hall–Kier alpha value is -2.04. The molecule has 1 aromatic rings. The highest BCUT2D eigenvalue weighted by Gasteiger charge is 2.26. The molecule has 1 saturated heterocycles. The zero-order valence-electron chi connectivity index (χ0n) is 12.6. The SMILES string of the molecule is Cc1ccccc1N(C)C(=O)N1CCC(CC(=O)O)CC1. The normalized spacial score (nSPS) is 15.8. The maximum absolute atomic E-state index is 12.5. The highest BCUT2D eigenvalue weighted by atomic mass is 16.4. The maximum atomic E-state index is 12.5. The number of urea groups is 1. The number of amides is 2. The number of benzene rings is 1. The lowest BCUT2D eigenvalue weighted by Crippen LogP contribution is -2.45. The van der Waals surface area contributed by atoms with E-state index in [0.29, 0.717) is 13.1 Å². The molecule has 0 aromatic heterocycles. The molecular weight excluding hydrogens is 268 g/mol. The number of piperidine rings is 1. The smallest absolute Gasteiger partial charge is 0.324 e. The summed E-state index contributed by atoms with van der Waals surface area (Å²) >= 11 is 0. The fourth-order valence-electron chi connectivity index (χ4n) is 2.83. The van der Waals surface area contributed by atoms with E-state index in [1.807, 2.05) is 36.1 Å². The topological polar surface area (TPSA) is 60.9 Å². The van der Waals surface area contributed by atoms with Gasteiger partial charge in [0.15, 0.2) is 0 Å². The molecule has 5 nitrogen and oxygen atoms in total. The quantitative estimate of drug-likeness (QED) is 0.931. The zero-order chi connectivity index (χ0) is 15.4. The van der Waals surface area contributed by atoms with E-state index >= 15 is 0 Å². The van der Waals surface area contributed by atoms with Crippen LogP contribution in [0, 0.1) is 12.8 Å². The van der Waals surface area contributed by atoms with Crippen LogP contribution < -0.4 is 4.90 Å². The van der Waals surface area contributed by atoms with E-state index in [4.69, 9.17) is 5.11 Å². The molecule has 1 N–H and O–H groups in total. The highest BCUT2D eigenvalue weighted by molar-refractivity contribution is 5.92. The van der Waals surface area contributed by atoms with Gasteiger partial charge in [0.05, 0.1) is 0 Å². The van der Waals surface area contributed by atoms with Gasteiger partial charge in [0, 0.05) is 32.2 Å². The Kier molecular flexibility index (Phi) is 4.83. The monoisotopic (exact) mass is 290 g/mol. The van der Waals surface area contributed by atoms with Gasteiger partial charge < -0.3 is 10.0 Å². The summed E-state index contributed by atoms with van der Waals surface area (Å²) in [5, 5.41) is 8.82. The summed E-state index contributed by atoms with van der Waals surface area (Å²) in [6, 6.07) is 7.78. The Balaban J connectivity index is 1.96. The Morgan fingerprint density at radius 3 is 2.48 bits per heavy atom. The third-order valence-electron chi connectivity index (χ3n) is 4.11. The molecule has 1 aliphatic rings. The minimum Gasteiger partial charge on any atom is -0.481 e. The first-order valence-corrected chi connectivity index (χ1v) is 7.29. The summed E-state index contributed by atoms with van der Waals surface area (Å²) in [5.74, 6) is -0.563. The number of aryl methyl sites for hydroxylation is 1. The third kappa shape index (κ3) is 3.74. The van der Waals surface area contributed by atoms with Crippen LogP contribution in [0.5, 0.6) is 0 Å².